The van der Waals surface area contributed by atoms with Gasteiger partial charge in [0.2, 0.25) is 5.91 Å². The predicted octanol–water partition coefficient (Wildman–Crippen LogP) is 3.33. The summed E-state index contributed by atoms with van der Waals surface area (Å²) in [6.07, 6.45) is 7.77. The lowest BCUT2D eigenvalue weighted by Crippen LogP contribution is -2.31. The lowest BCUT2D eigenvalue weighted by Gasteiger charge is -2.21. The number of carboxylic acid groups (broad SMARTS) is 1. The van der Waals surface area contributed by atoms with E-state index < -0.39 is 11.9 Å². The Hall–Kier alpha value is -1.84. The Morgan fingerprint density at radius 3 is 2.45 bits per heavy atom. The summed E-state index contributed by atoms with van der Waals surface area (Å²) in [6, 6.07) is 9.05. The smallest absolute Gasteiger partial charge is 0.312 e. The molecule has 2 N–H and O–H groups in total. The van der Waals surface area contributed by atoms with Crippen LogP contribution in [0.15, 0.2) is 30.3 Å². The van der Waals surface area contributed by atoms with Crippen LogP contribution in [0.3, 0.4) is 0 Å². The fraction of sp³-hybridized carbons (Fsp3) is 0.556. The summed E-state index contributed by atoms with van der Waals surface area (Å²) in [7, 11) is 0. The molecule has 0 saturated heterocycles. The van der Waals surface area contributed by atoms with E-state index in [1.807, 2.05) is 18.2 Å². The SMILES string of the molecule is O=C(CCC1CCCCC1)NCC(C(=O)O)c1ccccc1. The lowest BCUT2D eigenvalue weighted by molar-refractivity contribution is -0.138. The topological polar surface area (TPSA) is 66.4 Å². The van der Waals surface area contributed by atoms with Gasteiger partial charge in [0.05, 0.1) is 5.92 Å². The zero-order valence-corrected chi connectivity index (χ0v) is 13.0. The third-order valence-electron chi connectivity index (χ3n) is 4.51. The van der Waals surface area contributed by atoms with Crippen LogP contribution < -0.4 is 5.32 Å². The van der Waals surface area contributed by atoms with Crippen molar-refractivity contribution in [3.8, 4) is 0 Å². The fourth-order valence-corrected chi connectivity index (χ4v) is 3.15. The molecule has 0 aromatic heterocycles. The summed E-state index contributed by atoms with van der Waals surface area (Å²) in [5, 5.41) is 12.1. The van der Waals surface area contributed by atoms with Crippen molar-refractivity contribution in [2.75, 3.05) is 6.54 Å². The Labute approximate surface area is 131 Å². The highest BCUT2D eigenvalue weighted by Gasteiger charge is 2.21. The molecule has 1 saturated carbocycles. The average molecular weight is 303 g/mol. The first kappa shape index (κ1) is 16.5. The van der Waals surface area contributed by atoms with E-state index in [-0.39, 0.29) is 12.5 Å². The fourth-order valence-electron chi connectivity index (χ4n) is 3.15. The lowest BCUT2D eigenvalue weighted by atomic mass is 9.86. The highest BCUT2D eigenvalue weighted by atomic mass is 16.4. The van der Waals surface area contributed by atoms with E-state index in [2.05, 4.69) is 5.32 Å². The van der Waals surface area contributed by atoms with E-state index in [1.54, 1.807) is 12.1 Å². The molecule has 4 heteroatoms. The molecule has 0 radical (unpaired) electrons. The van der Waals surface area contributed by atoms with Crippen LogP contribution in [-0.2, 0) is 9.59 Å². The molecule has 1 aromatic rings. The summed E-state index contributed by atoms with van der Waals surface area (Å²) in [5.74, 6) is -0.949. The van der Waals surface area contributed by atoms with E-state index in [0.29, 0.717) is 12.3 Å². The van der Waals surface area contributed by atoms with Crippen molar-refractivity contribution in [1.29, 1.82) is 0 Å². The normalized spacial score (nSPS) is 16.9. The van der Waals surface area contributed by atoms with E-state index in [9.17, 15) is 14.7 Å². The summed E-state index contributed by atoms with van der Waals surface area (Å²) in [5.41, 5.74) is 0.725. The molecule has 1 aliphatic carbocycles. The molecule has 22 heavy (non-hydrogen) atoms. The highest BCUT2D eigenvalue weighted by molar-refractivity contribution is 5.79. The number of hydrogen-bond donors (Lipinski definition) is 2. The van der Waals surface area contributed by atoms with Gasteiger partial charge in [-0.2, -0.15) is 0 Å². The van der Waals surface area contributed by atoms with Gasteiger partial charge in [0.1, 0.15) is 0 Å². The molecule has 0 heterocycles. The second kappa shape index (κ2) is 8.57. The van der Waals surface area contributed by atoms with Gasteiger partial charge in [0.25, 0.3) is 0 Å². The zero-order valence-electron chi connectivity index (χ0n) is 13.0. The van der Waals surface area contributed by atoms with Crippen molar-refractivity contribution in [1.82, 2.24) is 5.32 Å². The van der Waals surface area contributed by atoms with Crippen molar-refractivity contribution in [3.05, 3.63) is 35.9 Å². The number of aliphatic carboxylic acids is 1. The Bertz CT molecular complexity index is 480. The van der Waals surface area contributed by atoms with Crippen molar-refractivity contribution < 1.29 is 14.7 Å². The molecule has 1 fully saturated rings. The van der Waals surface area contributed by atoms with Crippen LogP contribution in [0.1, 0.15) is 56.4 Å². The van der Waals surface area contributed by atoms with Crippen LogP contribution in [0.25, 0.3) is 0 Å². The first-order valence-corrected chi connectivity index (χ1v) is 8.21. The molecule has 0 spiro atoms. The second-order valence-electron chi connectivity index (χ2n) is 6.15. The first-order valence-electron chi connectivity index (χ1n) is 8.21. The van der Waals surface area contributed by atoms with Gasteiger partial charge < -0.3 is 10.4 Å². The van der Waals surface area contributed by atoms with Crippen molar-refractivity contribution in [3.63, 3.8) is 0 Å². The number of carbonyl (C=O) groups is 2. The van der Waals surface area contributed by atoms with Crippen LogP contribution in [0.4, 0.5) is 0 Å². The van der Waals surface area contributed by atoms with E-state index >= 15 is 0 Å². The van der Waals surface area contributed by atoms with Crippen LogP contribution >= 0.6 is 0 Å². The van der Waals surface area contributed by atoms with Crippen molar-refractivity contribution >= 4 is 11.9 Å². The molecule has 0 aliphatic heterocycles. The Kier molecular flexibility index (Phi) is 6.44. The monoisotopic (exact) mass is 303 g/mol. The largest absolute Gasteiger partial charge is 0.481 e. The van der Waals surface area contributed by atoms with Crippen molar-refractivity contribution in [2.24, 2.45) is 5.92 Å². The standard InChI is InChI=1S/C18H25NO3/c20-17(12-11-14-7-3-1-4-8-14)19-13-16(18(21)22)15-9-5-2-6-10-15/h2,5-6,9-10,14,16H,1,3-4,7-8,11-13H2,(H,19,20)(H,21,22). The predicted molar refractivity (Wildman–Crippen MR) is 85.6 cm³/mol. The summed E-state index contributed by atoms with van der Waals surface area (Å²) in [4.78, 5) is 23.3. The maximum absolute atomic E-state index is 11.9. The van der Waals surface area contributed by atoms with Gasteiger partial charge in [-0.05, 0) is 17.9 Å². The minimum absolute atomic E-state index is 0.0345. The number of rotatable bonds is 7. The van der Waals surface area contributed by atoms with Gasteiger partial charge in [0.15, 0.2) is 0 Å². The van der Waals surface area contributed by atoms with E-state index in [0.717, 1.165) is 12.0 Å². The summed E-state index contributed by atoms with van der Waals surface area (Å²) < 4.78 is 0. The molecule has 1 atom stereocenters. The number of carboxylic acids is 1. The van der Waals surface area contributed by atoms with Gasteiger partial charge >= 0.3 is 5.97 Å². The van der Waals surface area contributed by atoms with Gasteiger partial charge in [0, 0.05) is 13.0 Å². The molecule has 120 valence electrons. The van der Waals surface area contributed by atoms with Crippen LogP contribution in [-0.4, -0.2) is 23.5 Å². The Morgan fingerprint density at radius 2 is 1.82 bits per heavy atom. The number of carbonyl (C=O) groups excluding carboxylic acids is 1. The van der Waals surface area contributed by atoms with Crippen LogP contribution in [0.2, 0.25) is 0 Å². The zero-order chi connectivity index (χ0) is 15.8. The Morgan fingerprint density at radius 1 is 1.14 bits per heavy atom. The average Bonchev–Trinajstić information content (AvgIpc) is 2.55. The molecule has 1 amide bonds. The first-order chi connectivity index (χ1) is 10.7. The minimum atomic E-state index is -0.904. The number of amides is 1. The molecule has 1 aliphatic rings. The Balaban J connectivity index is 1.77. The molecule has 1 aromatic carbocycles. The molecular weight excluding hydrogens is 278 g/mol. The number of nitrogens with one attached hydrogen (secondary N) is 1. The van der Waals surface area contributed by atoms with Crippen molar-refractivity contribution in [2.45, 2.75) is 50.9 Å². The summed E-state index contributed by atoms with van der Waals surface area (Å²) >= 11 is 0. The third kappa shape index (κ3) is 5.17. The van der Waals surface area contributed by atoms with Crippen LogP contribution in [0.5, 0.6) is 0 Å². The van der Waals surface area contributed by atoms with Gasteiger partial charge in [-0.15, -0.1) is 0 Å². The molecule has 2 rings (SSSR count). The maximum Gasteiger partial charge on any atom is 0.312 e. The molecule has 4 nitrogen and oxygen atoms in total. The van der Waals surface area contributed by atoms with Crippen LogP contribution in [0, 0.1) is 5.92 Å². The third-order valence-corrected chi connectivity index (χ3v) is 4.51. The van der Waals surface area contributed by atoms with Gasteiger partial charge in [-0.1, -0.05) is 62.4 Å². The highest BCUT2D eigenvalue weighted by Crippen LogP contribution is 2.27. The second-order valence-corrected chi connectivity index (χ2v) is 6.15. The quantitative estimate of drug-likeness (QED) is 0.812. The van der Waals surface area contributed by atoms with E-state index in [1.165, 1.54) is 32.1 Å². The number of hydrogen-bond acceptors (Lipinski definition) is 2. The molecule has 1 unspecified atom stereocenters. The van der Waals surface area contributed by atoms with Gasteiger partial charge in [-0.25, -0.2) is 0 Å². The molecule has 0 bridgehead atoms. The van der Waals surface area contributed by atoms with E-state index in [4.69, 9.17) is 0 Å². The minimum Gasteiger partial charge on any atom is -0.481 e. The van der Waals surface area contributed by atoms with Gasteiger partial charge in [-0.3, -0.25) is 9.59 Å². The summed E-state index contributed by atoms with van der Waals surface area (Å²) in [6.45, 7) is 0.156. The number of benzene rings is 1. The maximum atomic E-state index is 11.9. The molecular formula is C18H25NO3.